The van der Waals surface area contributed by atoms with Gasteiger partial charge in [0.2, 0.25) is 0 Å². The number of allylic oxidation sites excluding steroid dienone is 5. The molecule has 0 N–H and O–H groups in total. The van der Waals surface area contributed by atoms with E-state index in [9.17, 15) is 0 Å². The van der Waals surface area contributed by atoms with Gasteiger partial charge in [0.25, 0.3) is 0 Å². The van der Waals surface area contributed by atoms with Crippen LogP contribution in [-0.4, -0.2) is 0 Å². The molecule has 2 atom stereocenters. The van der Waals surface area contributed by atoms with Gasteiger partial charge in [-0.2, -0.15) is 30.3 Å². The first-order valence-corrected chi connectivity index (χ1v) is 7.35. The van der Waals surface area contributed by atoms with Gasteiger partial charge < -0.3 is 0 Å². The van der Waals surface area contributed by atoms with Gasteiger partial charge in [-0.05, 0) is 11.1 Å². The van der Waals surface area contributed by atoms with E-state index in [2.05, 4.69) is 85.3 Å². The van der Waals surface area contributed by atoms with Crippen LogP contribution in [0.15, 0.2) is 78.9 Å². The van der Waals surface area contributed by atoms with Gasteiger partial charge in [0.05, 0.1) is 0 Å². The number of hydrogen-bond acceptors (Lipinski definition) is 0. The van der Waals surface area contributed by atoms with E-state index >= 15 is 0 Å². The van der Waals surface area contributed by atoms with Crippen LogP contribution in [0.3, 0.4) is 0 Å². The summed E-state index contributed by atoms with van der Waals surface area (Å²) < 4.78 is 0. The second-order valence-electron chi connectivity index (χ2n) is 5.55. The Morgan fingerprint density at radius 2 is 1.86 bits per heavy atom. The molecule has 0 saturated carbocycles. The number of rotatable bonds is 2. The Morgan fingerprint density at radius 1 is 1.00 bits per heavy atom. The summed E-state index contributed by atoms with van der Waals surface area (Å²) in [5.41, 5.74) is 3.77. The molecule has 0 aromatic heterocycles. The first-order valence-electron chi connectivity index (χ1n) is 7.35. The van der Waals surface area contributed by atoms with Gasteiger partial charge in [0, 0.05) is 38.1 Å². The van der Waals surface area contributed by atoms with Gasteiger partial charge in [-0.1, -0.05) is 42.3 Å². The van der Waals surface area contributed by atoms with Crippen LogP contribution in [-0.2, 0) is 38.1 Å². The third-order valence-electron chi connectivity index (χ3n) is 4.47. The maximum absolute atomic E-state index is 3.46. The Hall–Kier alpha value is -1.37. The minimum absolute atomic E-state index is 0. The van der Waals surface area contributed by atoms with Crippen molar-refractivity contribution in [3.05, 3.63) is 108 Å². The van der Waals surface area contributed by atoms with Crippen LogP contribution >= 0.6 is 0 Å². The van der Waals surface area contributed by atoms with Gasteiger partial charge in [-0.3, -0.25) is 0 Å². The van der Waals surface area contributed by atoms with Crippen LogP contribution in [0, 0.1) is 18.4 Å². The third-order valence-corrected chi connectivity index (χ3v) is 4.47. The third kappa shape index (κ3) is 2.35. The molecular weight excluding hydrogens is 341 g/mol. The summed E-state index contributed by atoms with van der Waals surface area (Å²) in [5.74, 6) is 0.320. The van der Waals surface area contributed by atoms with Crippen molar-refractivity contribution in [2.45, 2.75) is 5.41 Å². The molecule has 0 saturated heterocycles. The summed E-state index contributed by atoms with van der Waals surface area (Å²) in [6.45, 7) is 0. The van der Waals surface area contributed by atoms with Crippen molar-refractivity contribution in [3.63, 3.8) is 0 Å². The predicted molar refractivity (Wildman–Crippen MR) is 87.6 cm³/mol. The number of fused-ring (bicyclic) bond motifs is 1. The molecule has 22 heavy (non-hydrogen) atoms. The number of benzene rings is 2. The molecule has 2 aliphatic carbocycles. The Morgan fingerprint density at radius 3 is 2.64 bits per heavy atom. The first kappa shape index (κ1) is 15.5. The summed E-state index contributed by atoms with van der Waals surface area (Å²) in [7, 11) is 0. The molecule has 0 nitrogen and oxygen atoms in total. The normalized spacial score (nSPS) is 24.5. The summed E-state index contributed by atoms with van der Waals surface area (Å²) in [5, 5.41) is 0. The average molecular weight is 357 g/mol. The monoisotopic (exact) mass is 357 g/mol. The van der Waals surface area contributed by atoms with Crippen molar-refractivity contribution in [2.24, 2.45) is 5.92 Å². The molecular formula is C21H16Y-2. The summed E-state index contributed by atoms with van der Waals surface area (Å²) >= 11 is 0. The molecule has 2 aliphatic rings. The zero-order chi connectivity index (χ0) is 14.1. The van der Waals surface area contributed by atoms with Gasteiger partial charge >= 0.3 is 0 Å². The van der Waals surface area contributed by atoms with Crippen LogP contribution < -0.4 is 0 Å². The smallest absolute Gasteiger partial charge is 0.0110 e. The van der Waals surface area contributed by atoms with Crippen molar-refractivity contribution in [1.29, 1.82) is 0 Å². The molecule has 0 fully saturated rings. The first-order chi connectivity index (χ1) is 10.4. The molecule has 1 radical (unpaired) electrons. The van der Waals surface area contributed by atoms with Gasteiger partial charge in [-0.25, -0.2) is 18.6 Å². The quantitative estimate of drug-likeness (QED) is 0.681. The van der Waals surface area contributed by atoms with E-state index in [1.165, 1.54) is 16.7 Å². The SMILES string of the molecule is [Y].[c-]1ccccc1C1(C2C=CC=C[CH-]2)C=Cc2ccccc21. The van der Waals surface area contributed by atoms with E-state index in [1.54, 1.807) is 0 Å². The van der Waals surface area contributed by atoms with E-state index in [0.29, 0.717) is 5.92 Å². The van der Waals surface area contributed by atoms with Crippen LogP contribution in [0.1, 0.15) is 16.7 Å². The molecule has 0 amide bonds. The van der Waals surface area contributed by atoms with E-state index in [0.717, 1.165) is 0 Å². The maximum atomic E-state index is 3.46. The molecule has 0 heterocycles. The molecule has 2 aromatic rings. The Bertz CT molecular complexity index is 740. The van der Waals surface area contributed by atoms with Crippen LogP contribution in [0.2, 0.25) is 0 Å². The zero-order valence-corrected chi connectivity index (χ0v) is 15.2. The van der Waals surface area contributed by atoms with E-state index in [1.807, 2.05) is 12.1 Å². The minimum Gasteiger partial charge on any atom is -0.228 e. The van der Waals surface area contributed by atoms with Crippen LogP contribution in [0.4, 0.5) is 0 Å². The largest absolute Gasteiger partial charge is 0.228 e. The van der Waals surface area contributed by atoms with Crippen LogP contribution in [0.25, 0.3) is 6.08 Å². The van der Waals surface area contributed by atoms with Gasteiger partial charge in [0.15, 0.2) is 0 Å². The molecule has 0 bridgehead atoms. The fourth-order valence-electron chi connectivity index (χ4n) is 3.49. The van der Waals surface area contributed by atoms with E-state index in [4.69, 9.17) is 0 Å². The summed E-state index contributed by atoms with van der Waals surface area (Å²) in [6, 6.07) is 20.5. The standard InChI is InChI=1S/C21H16.Y/c1-3-10-18(11-4-1)21(19-12-5-2-6-13-19)16-15-17-9-7-8-14-20(17)21;/h1-12,14-16,18H;/q-2;. The van der Waals surface area contributed by atoms with Gasteiger partial charge in [0.1, 0.15) is 0 Å². The van der Waals surface area contributed by atoms with Gasteiger partial charge in [-0.15, -0.1) is 17.7 Å². The molecule has 1 heteroatoms. The fraction of sp³-hybridized carbons (Fsp3) is 0.0952. The zero-order valence-electron chi connectivity index (χ0n) is 12.3. The van der Waals surface area contributed by atoms with E-state index in [-0.39, 0.29) is 38.1 Å². The van der Waals surface area contributed by atoms with Crippen molar-refractivity contribution >= 4 is 6.08 Å². The van der Waals surface area contributed by atoms with Crippen molar-refractivity contribution in [1.82, 2.24) is 0 Å². The Labute approximate surface area is 157 Å². The van der Waals surface area contributed by atoms with Crippen LogP contribution in [0.5, 0.6) is 0 Å². The second kappa shape index (κ2) is 6.40. The second-order valence-corrected chi connectivity index (χ2v) is 5.55. The Balaban J connectivity index is 0.00000144. The predicted octanol–water partition coefficient (Wildman–Crippen LogP) is 4.74. The summed E-state index contributed by atoms with van der Waals surface area (Å²) in [4.78, 5) is 0. The topological polar surface area (TPSA) is 0 Å². The average Bonchev–Trinajstić information content (AvgIpc) is 2.97. The fourth-order valence-corrected chi connectivity index (χ4v) is 3.49. The molecule has 0 aliphatic heterocycles. The molecule has 105 valence electrons. The molecule has 2 unspecified atom stereocenters. The maximum Gasteiger partial charge on any atom is 0.0110 e. The minimum atomic E-state index is -0.140. The Kier molecular flexibility index (Phi) is 4.52. The molecule has 2 aromatic carbocycles. The number of hydrogen-bond donors (Lipinski definition) is 0. The van der Waals surface area contributed by atoms with Crippen molar-refractivity contribution in [2.75, 3.05) is 0 Å². The van der Waals surface area contributed by atoms with E-state index < -0.39 is 0 Å². The molecule has 0 spiro atoms. The summed E-state index contributed by atoms with van der Waals surface area (Å²) in [6.07, 6.45) is 15.5. The molecule has 4 rings (SSSR count). The van der Waals surface area contributed by atoms with Crippen molar-refractivity contribution in [3.8, 4) is 0 Å². The van der Waals surface area contributed by atoms with Crippen molar-refractivity contribution < 1.29 is 32.7 Å².